The van der Waals surface area contributed by atoms with Crippen molar-refractivity contribution in [2.45, 2.75) is 25.3 Å². The number of nitrogen functional groups attached to an aromatic ring is 1. The highest BCUT2D eigenvalue weighted by Crippen LogP contribution is 2.24. The van der Waals surface area contributed by atoms with Crippen LogP contribution in [0, 0.1) is 13.8 Å². The van der Waals surface area contributed by atoms with Crippen LogP contribution in [0.15, 0.2) is 35.6 Å². The fraction of sp³-hybridized carbons (Fsp3) is 0.231. The van der Waals surface area contributed by atoms with E-state index in [4.69, 9.17) is 5.84 Å². The lowest BCUT2D eigenvalue weighted by atomic mass is 10.1. The molecular formula is C13H17N5O2S. The molecule has 1 aromatic carbocycles. The van der Waals surface area contributed by atoms with Gasteiger partial charge in [-0.1, -0.05) is 0 Å². The first-order valence-electron chi connectivity index (χ1n) is 6.26. The number of hydrogen-bond acceptors (Lipinski definition) is 6. The van der Waals surface area contributed by atoms with Gasteiger partial charge in [-0.3, -0.25) is 5.84 Å². The lowest BCUT2D eigenvalue weighted by molar-refractivity contribution is 0.579. The Morgan fingerprint density at radius 1 is 1.24 bits per heavy atom. The number of hydrazine groups is 1. The molecular weight excluding hydrogens is 290 g/mol. The van der Waals surface area contributed by atoms with Gasteiger partial charge in [-0.2, -0.15) is 0 Å². The van der Waals surface area contributed by atoms with Crippen LogP contribution in [0.3, 0.4) is 0 Å². The summed E-state index contributed by atoms with van der Waals surface area (Å²) in [5.74, 6) is 5.35. The summed E-state index contributed by atoms with van der Waals surface area (Å²) in [6.45, 7) is 3.57. The first kappa shape index (κ1) is 15.4. The fourth-order valence-electron chi connectivity index (χ4n) is 2.12. The molecule has 0 bridgehead atoms. The van der Waals surface area contributed by atoms with Crippen molar-refractivity contribution in [3.05, 3.63) is 47.5 Å². The van der Waals surface area contributed by atoms with Gasteiger partial charge in [0.15, 0.2) is 0 Å². The number of sulfonamides is 1. The summed E-state index contributed by atoms with van der Waals surface area (Å²) >= 11 is 0. The molecule has 0 spiro atoms. The highest BCUT2D eigenvalue weighted by molar-refractivity contribution is 7.89. The Bertz CT molecular complexity index is 708. The minimum atomic E-state index is -3.62. The number of aryl methyl sites for hydroxylation is 2. The molecule has 0 amide bonds. The molecule has 0 aliphatic carbocycles. The maximum atomic E-state index is 12.4. The van der Waals surface area contributed by atoms with E-state index in [0.717, 1.165) is 0 Å². The zero-order valence-electron chi connectivity index (χ0n) is 11.8. The minimum absolute atomic E-state index is 0.112. The van der Waals surface area contributed by atoms with Gasteiger partial charge >= 0.3 is 0 Å². The normalized spacial score (nSPS) is 11.4. The Morgan fingerprint density at radius 2 is 1.90 bits per heavy atom. The van der Waals surface area contributed by atoms with Crippen molar-refractivity contribution >= 4 is 15.7 Å². The SMILES string of the molecule is Cc1cc(NN)cc(C)c1S(=O)(=O)NCc1ccncn1. The number of nitrogens with zero attached hydrogens (tertiary/aromatic N) is 2. The van der Waals surface area contributed by atoms with Crippen molar-refractivity contribution < 1.29 is 8.42 Å². The molecule has 112 valence electrons. The van der Waals surface area contributed by atoms with Crippen molar-refractivity contribution in [3.63, 3.8) is 0 Å². The molecule has 2 aromatic rings. The first-order valence-corrected chi connectivity index (χ1v) is 7.75. The van der Waals surface area contributed by atoms with Crippen molar-refractivity contribution in [2.75, 3.05) is 5.43 Å². The maximum Gasteiger partial charge on any atom is 0.241 e. The Labute approximate surface area is 123 Å². The summed E-state index contributed by atoms with van der Waals surface area (Å²) in [5, 5.41) is 0. The number of nitrogens with one attached hydrogen (secondary N) is 2. The van der Waals surface area contributed by atoms with Crippen LogP contribution in [0.25, 0.3) is 0 Å². The molecule has 0 aliphatic rings. The quantitative estimate of drug-likeness (QED) is 0.558. The lowest BCUT2D eigenvalue weighted by Gasteiger charge is -2.13. The smallest absolute Gasteiger partial charge is 0.241 e. The molecule has 8 heteroatoms. The van der Waals surface area contributed by atoms with Gasteiger partial charge in [0.2, 0.25) is 10.0 Å². The van der Waals surface area contributed by atoms with Crippen molar-refractivity contribution in [1.82, 2.24) is 14.7 Å². The molecule has 21 heavy (non-hydrogen) atoms. The molecule has 0 aliphatic heterocycles. The van der Waals surface area contributed by atoms with Crippen LogP contribution in [-0.4, -0.2) is 18.4 Å². The van der Waals surface area contributed by atoms with Crippen LogP contribution in [0.5, 0.6) is 0 Å². The average Bonchev–Trinajstić information content (AvgIpc) is 2.45. The summed E-state index contributed by atoms with van der Waals surface area (Å²) in [6, 6.07) is 5.03. The Kier molecular flexibility index (Phi) is 4.51. The summed E-state index contributed by atoms with van der Waals surface area (Å²) in [5.41, 5.74) is 5.03. The van der Waals surface area contributed by atoms with E-state index in [9.17, 15) is 8.42 Å². The van der Waals surface area contributed by atoms with E-state index >= 15 is 0 Å². The largest absolute Gasteiger partial charge is 0.324 e. The minimum Gasteiger partial charge on any atom is -0.324 e. The molecule has 7 nitrogen and oxygen atoms in total. The molecule has 0 saturated carbocycles. The van der Waals surface area contributed by atoms with E-state index in [1.807, 2.05) is 0 Å². The van der Waals surface area contributed by atoms with E-state index in [-0.39, 0.29) is 11.4 Å². The van der Waals surface area contributed by atoms with Crippen LogP contribution in [0.1, 0.15) is 16.8 Å². The highest BCUT2D eigenvalue weighted by atomic mass is 32.2. The lowest BCUT2D eigenvalue weighted by Crippen LogP contribution is -2.25. The molecule has 4 N–H and O–H groups in total. The predicted molar refractivity (Wildman–Crippen MR) is 79.8 cm³/mol. The molecule has 2 rings (SSSR count). The molecule has 0 radical (unpaired) electrons. The Morgan fingerprint density at radius 3 is 2.43 bits per heavy atom. The summed E-state index contributed by atoms with van der Waals surface area (Å²) in [6.07, 6.45) is 2.94. The van der Waals surface area contributed by atoms with Crippen molar-refractivity contribution in [3.8, 4) is 0 Å². The van der Waals surface area contributed by atoms with Gasteiger partial charge in [-0.15, -0.1) is 0 Å². The molecule has 0 fully saturated rings. The Hall–Kier alpha value is -2.03. The summed E-state index contributed by atoms with van der Waals surface area (Å²) < 4.78 is 27.4. The van der Waals surface area contributed by atoms with Crippen LogP contribution >= 0.6 is 0 Å². The zero-order valence-corrected chi connectivity index (χ0v) is 12.6. The van der Waals surface area contributed by atoms with E-state index in [2.05, 4.69) is 20.1 Å². The number of anilines is 1. The number of nitrogens with two attached hydrogens (primary N) is 1. The summed E-state index contributed by atoms with van der Waals surface area (Å²) in [4.78, 5) is 8.03. The van der Waals surface area contributed by atoms with Gasteiger partial charge in [0.05, 0.1) is 17.1 Å². The number of benzene rings is 1. The van der Waals surface area contributed by atoms with Gasteiger partial charge in [-0.05, 0) is 43.2 Å². The molecule has 0 atom stereocenters. The van der Waals surface area contributed by atoms with Gasteiger partial charge in [0.1, 0.15) is 6.33 Å². The average molecular weight is 307 g/mol. The van der Waals surface area contributed by atoms with Crippen LogP contribution in [0.2, 0.25) is 0 Å². The van der Waals surface area contributed by atoms with Gasteiger partial charge in [0.25, 0.3) is 0 Å². The standard InChI is InChI=1S/C13H17N5O2S/c1-9-5-12(18-14)6-10(2)13(9)21(19,20)17-7-11-3-4-15-8-16-11/h3-6,8,17-18H,7,14H2,1-2H3. The summed E-state index contributed by atoms with van der Waals surface area (Å²) in [7, 11) is -3.62. The van der Waals surface area contributed by atoms with E-state index in [1.165, 1.54) is 6.33 Å². The van der Waals surface area contributed by atoms with Crippen LogP contribution < -0.4 is 16.0 Å². The third-order valence-corrected chi connectivity index (χ3v) is 4.69. The molecule has 0 saturated heterocycles. The maximum absolute atomic E-state index is 12.4. The molecule has 0 unspecified atom stereocenters. The zero-order chi connectivity index (χ0) is 15.5. The second-order valence-electron chi connectivity index (χ2n) is 4.61. The monoisotopic (exact) mass is 307 g/mol. The second kappa shape index (κ2) is 6.17. The van der Waals surface area contributed by atoms with E-state index in [0.29, 0.717) is 22.5 Å². The molecule has 1 heterocycles. The predicted octanol–water partition coefficient (Wildman–Crippen LogP) is 0.858. The van der Waals surface area contributed by atoms with Crippen molar-refractivity contribution in [2.24, 2.45) is 5.84 Å². The first-order chi connectivity index (χ1) is 9.94. The van der Waals surface area contributed by atoms with Gasteiger partial charge in [-0.25, -0.2) is 23.1 Å². The second-order valence-corrected chi connectivity index (χ2v) is 6.31. The number of aromatic nitrogens is 2. The topological polar surface area (TPSA) is 110 Å². The fourth-order valence-corrected chi connectivity index (χ4v) is 3.57. The number of rotatable bonds is 5. The van der Waals surface area contributed by atoms with Crippen molar-refractivity contribution in [1.29, 1.82) is 0 Å². The Balaban J connectivity index is 2.28. The third-order valence-electron chi connectivity index (χ3n) is 2.98. The van der Waals surface area contributed by atoms with Crippen LogP contribution in [0.4, 0.5) is 5.69 Å². The van der Waals surface area contributed by atoms with E-state index < -0.39 is 10.0 Å². The van der Waals surface area contributed by atoms with Gasteiger partial charge < -0.3 is 5.43 Å². The van der Waals surface area contributed by atoms with E-state index in [1.54, 1.807) is 38.2 Å². The van der Waals surface area contributed by atoms with Gasteiger partial charge in [0, 0.05) is 11.9 Å². The number of hydrogen-bond donors (Lipinski definition) is 3. The molecule has 1 aromatic heterocycles. The highest BCUT2D eigenvalue weighted by Gasteiger charge is 2.20. The van der Waals surface area contributed by atoms with Crippen LogP contribution in [-0.2, 0) is 16.6 Å². The third kappa shape index (κ3) is 3.54.